The monoisotopic (exact) mass is 420 g/mol. The third-order valence-corrected chi connectivity index (χ3v) is 5.03. The molecule has 1 N–H and O–H groups in total. The predicted molar refractivity (Wildman–Crippen MR) is 114 cm³/mol. The van der Waals surface area contributed by atoms with Crippen LogP contribution in [0.5, 0.6) is 11.5 Å². The normalized spacial score (nSPS) is 11.3. The number of aryl methyl sites for hydroxylation is 1. The smallest absolute Gasteiger partial charge is 0.322 e. The molecule has 0 saturated heterocycles. The lowest BCUT2D eigenvalue weighted by Crippen LogP contribution is -2.39. The summed E-state index contributed by atoms with van der Waals surface area (Å²) in [7, 11) is -2.28. The summed E-state index contributed by atoms with van der Waals surface area (Å²) in [6, 6.07) is 10.4. The zero-order valence-corrected chi connectivity index (χ0v) is 18.5. The molecule has 0 unspecified atom stereocenters. The van der Waals surface area contributed by atoms with E-state index >= 15 is 0 Å². The van der Waals surface area contributed by atoms with Crippen LogP contribution in [0.2, 0.25) is 0 Å². The van der Waals surface area contributed by atoms with Crippen LogP contribution in [0.4, 0.5) is 10.5 Å². The van der Waals surface area contributed by atoms with Gasteiger partial charge in [0.05, 0.1) is 13.4 Å². The van der Waals surface area contributed by atoms with Crippen LogP contribution in [-0.2, 0) is 16.7 Å². The Morgan fingerprint density at radius 1 is 1.14 bits per heavy atom. The Morgan fingerprint density at radius 2 is 1.83 bits per heavy atom. The molecule has 29 heavy (non-hydrogen) atoms. The quantitative estimate of drug-likeness (QED) is 0.682. The number of methoxy groups -OCH3 is 1. The summed E-state index contributed by atoms with van der Waals surface area (Å²) in [5.41, 5.74) is 3.58. The molecule has 7 nitrogen and oxygen atoms in total. The van der Waals surface area contributed by atoms with Crippen LogP contribution in [0.3, 0.4) is 0 Å². The van der Waals surface area contributed by atoms with E-state index in [2.05, 4.69) is 5.32 Å². The molecule has 0 fully saturated rings. The second-order valence-corrected chi connectivity index (χ2v) is 8.75. The number of rotatable bonds is 7. The molecule has 0 heterocycles. The molecule has 0 saturated carbocycles. The van der Waals surface area contributed by atoms with Crippen molar-refractivity contribution in [2.45, 2.75) is 40.3 Å². The number of amides is 2. The third-order valence-electron chi connectivity index (χ3n) is 4.55. The molecule has 2 amide bonds. The number of nitrogens with zero attached hydrogens (tertiary/aromatic N) is 1. The molecule has 0 atom stereocenters. The molecule has 0 aliphatic carbocycles. The minimum atomic E-state index is -3.71. The first-order chi connectivity index (χ1) is 13.5. The number of benzene rings is 2. The number of hydrogen-bond acceptors (Lipinski definition) is 5. The van der Waals surface area contributed by atoms with E-state index in [1.165, 1.54) is 7.11 Å². The van der Waals surface area contributed by atoms with Crippen molar-refractivity contribution in [2.24, 2.45) is 0 Å². The average Bonchev–Trinajstić information content (AvgIpc) is 2.62. The molecule has 2 aromatic rings. The van der Waals surface area contributed by atoms with E-state index in [0.29, 0.717) is 11.3 Å². The van der Waals surface area contributed by atoms with E-state index in [1.54, 1.807) is 23.1 Å². The van der Waals surface area contributed by atoms with E-state index in [1.807, 2.05) is 45.9 Å². The Labute approximate surface area is 172 Å². The zero-order chi connectivity index (χ0) is 21.8. The maximum Gasteiger partial charge on any atom is 0.322 e. The van der Waals surface area contributed by atoms with Crippen molar-refractivity contribution in [1.29, 1.82) is 0 Å². The summed E-state index contributed by atoms with van der Waals surface area (Å²) in [5, 5.41) is 2.96. The Hall–Kier alpha value is -2.74. The standard InChI is InChI=1S/C21H28N2O5S/c1-14(2)23(21(24)22-18-9-7-8-15(3)16(18)4)13-17-10-11-19(27-5)20(12-17)28-29(6,25)26/h7-12,14H,13H2,1-6H3,(H,22,24). The molecule has 2 rings (SSSR count). The van der Waals surface area contributed by atoms with Crippen LogP contribution in [0.15, 0.2) is 36.4 Å². The maximum atomic E-state index is 12.9. The fourth-order valence-electron chi connectivity index (χ4n) is 2.81. The van der Waals surface area contributed by atoms with Gasteiger partial charge in [0.1, 0.15) is 0 Å². The first-order valence-electron chi connectivity index (χ1n) is 9.22. The van der Waals surface area contributed by atoms with Crippen molar-refractivity contribution in [3.8, 4) is 11.5 Å². The van der Waals surface area contributed by atoms with Crippen molar-refractivity contribution < 1.29 is 22.1 Å². The molecule has 8 heteroatoms. The van der Waals surface area contributed by atoms with E-state index in [4.69, 9.17) is 8.92 Å². The molecule has 0 spiro atoms. The Bertz CT molecular complexity index is 987. The number of anilines is 1. The van der Waals surface area contributed by atoms with Crippen molar-refractivity contribution in [1.82, 2.24) is 4.90 Å². The minimum Gasteiger partial charge on any atom is -0.493 e. The highest BCUT2D eigenvalue weighted by atomic mass is 32.2. The number of urea groups is 1. The van der Waals surface area contributed by atoms with E-state index in [9.17, 15) is 13.2 Å². The number of carbonyl (C=O) groups is 1. The summed E-state index contributed by atoms with van der Waals surface area (Å²) < 4.78 is 33.2. The van der Waals surface area contributed by atoms with Gasteiger partial charge in [-0.25, -0.2) is 4.79 Å². The van der Waals surface area contributed by atoms with Gasteiger partial charge in [0.15, 0.2) is 11.5 Å². The van der Waals surface area contributed by atoms with E-state index < -0.39 is 10.1 Å². The fourth-order valence-corrected chi connectivity index (χ4v) is 3.26. The van der Waals surface area contributed by atoms with Crippen LogP contribution < -0.4 is 14.2 Å². The van der Waals surface area contributed by atoms with Crippen LogP contribution >= 0.6 is 0 Å². The van der Waals surface area contributed by atoms with Gasteiger partial charge in [0.25, 0.3) is 0 Å². The summed E-state index contributed by atoms with van der Waals surface area (Å²) in [6.45, 7) is 8.06. The minimum absolute atomic E-state index is 0.0820. The Balaban J connectivity index is 2.27. The zero-order valence-electron chi connectivity index (χ0n) is 17.6. The lowest BCUT2D eigenvalue weighted by Gasteiger charge is -2.28. The highest BCUT2D eigenvalue weighted by molar-refractivity contribution is 7.86. The lowest BCUT2D eigenvalue weighted by atomic mass is 10.1. The van der Waals surface area contributed by atoms with Crippen molar-refractivity contribution in [3.63, 3.8) is 0 Å². The van der Waals surface area contributed by atoms with E-state index in [-0.39, 0.29) is 24.4 Å². The maximum absolute atomic E-state index is 12.9. The first kappa shape index (κ1) is 22.5. The average molecular weight is 421 g/mol. The Kier molecular flexibility index (Phi) is 7.13. The van der Waals surface area contributed by atoms with Gasteiger partial charge in [0.2, 0.25) is 0 Å². The van der Waals surface area contributed by atoms with Gasteiger partial charge in [0, 0.05) is 18.3 Å². The molecule has 0 bridgehead atoms. The van der Waals surface area contributed by atoms with Gasteiger partial charge in [-0.05, 0) is 62.6 Å². The SMILES string of the molecule is COc1ccc(CN(C(=O)Nc2cccc(C)c2C)C(C)C)cc1OS(C)(=O)=O. The van der Waals surface area contributed by atoms with Crippen LogP contribution in [0, 0.1) is 13.8 Å². The molecule has 0 aliphatic heterocycles. The second-order valence-electron chi connectivity index (χ2n) is 7.17. The molecule has 0 radical (unpaired) electrons. The molecule has 2 aromatic carbocycles. The van der Waals surface area contributed by atoms with E-state index in [0.717, 1.165) is 23.1 Å². The topological polar surface area (TPSA) is 84.9 Å². The number of hydrogen-bond donors (Lipinski definition) is 1. The van der Waals surface area contributed by atoms with Gasteiger partial charge >= 0.3 is 16.1 Å². The summed E-state index contributed by atoms with van der Waals surface area (Å²) in [5.74, 6) is 0.390. The second kappa shape index (κ2) is 9.17. The molecule has 0 aromatic heterocycles. The number of carbonyl (C=O) groups excluding carboxylic acids is 1. The summed E-state index contributed by atoms with van der Waals surface area (Å²) in [6.07, 6.45) is 0.969. The van der Waals surface area contributed by atoms with Gasteiger partial charge in [-0.3, -0.25) is 0 Å². The first-order valence-corrected chi connectivity index (χ1v) is 11.0. The van der Waals surface area contributed by atoms with Crippen LogP contribution in [0.1, 0.15) is 30.5 Å². The van der Waals surface area contributed by atoms with Gasteiger partial charge in [-0.1, -0.05) is 18.2 Å². The Morgan fingerprint density at radius 3 is 2.41 bits per heavy atom. The van der Waals surface area contributed by atoms with Crippen LogP contribution in [0.25, 0.3) is 0 Å². The van der Waals surface area contributed by atoms with Gasteiger partial charge < -0.3 is 19.1 Å². The molecular formula is C21H28N2O5S. The third kappa shape index (κ3) is 6.12. The van der Waals surface area contributed by atoms with Crippen molar-refractivity contribution >= 4 is 21.8 Å². The molecule has 158 valence electrons. The molecular weight excluding hydrogens is 392 g/mol. The van der Waals surface area contributed by atoms with Crippen molar-refractivity contribution in [2.75, 3.05) is 18.7 Å². The predicted octanol–water partition coefficient (Wildman–Crippen LogP) is 4.09. The highest BCUT2D eigenvalue weighted by Crippen LogP contribution is 2.30. The number of nitrogens with one attached hydrogen (secondary N) is 1. The summed E-state index contributed by atoms with van der Waals surface area (Å²) >= 11 is 0. The van der Waals surface area contributed by atoms with Crippen molar-refractivity contribution in [3.05, 3.63) is 53.1 Å². The number of ether oxygens (including phenoxy) is 1. The molecule has 0 aliphatic rings. The van der Waals surface area contributed by atoms with Crippen LogP contribution in [-0.4, -0.2) is 38.8 Å². The van der Waals surface area contributed by atoms with Gasteiger partial charge in [-0.2, -0.15) is 8.42 Å². The largest absolute Gasteiger partial charge is 0.493 e. The van der Waals surface area contributed by atoms with Gasteiger partial charge in [-0.15, -0.1) is 0 Å². The summed E-state index contributed by atoms with van der Waals surface area (Å²) in [4.78, 5) is 14.6. The highest BCUT2D eigenvalue weighted by Gasteiger charge is 2.20. The lowest BCUT2D eigenvalue weighted by molar-refractivity contribution is 0.193. The fraction of sp³-hybridized carbons (Fsp3) is 0.381.